The van der Waals surface area contributed by atoms with E-state index >= 15 is 0 Å². The maximum atomic E-state index is 11.7. The Kier molecular flexibility index (Phi) is 6.06. The molecule has 0 unspecified atom stereocenters. The van der Waals surface area contributed by atoms with Gasteiger partial charge in [-0.25, -0.2) is 0 Å². The predicted molar refractivity (Wildman–Crippen MR) is 67.9 cm³/mol. The average molecular weight is 254 g/mol. The number of nitrogens with zero attached hydrogens (tertiary/aromatic N) is 2. The van der Waals surface area contributed by atoms with Crippen LogP contribution in [0.2, 0.25) is 0 Å². The van der Waals surface area contributed by atoms with Crippen LogP contribution in [0.25, 0.3) is 0 Å². The molecule has 0 aliphatic heterocycles. The van der Waals surface area contributed by atoms with Crippen molar-refractivity contribution in [1.29, 1.82) is 0 Å². The Morgan fingerprint density at radius 3 is 2.61 bits per heavy atom. The predicted octanol–water partition coefficient (Wildman–Crippen LogP) is -1.11. The fourth-order valence-corrected chi connectivity index (χ4v) is 1.47. The molecule has 0 atom stereocenters. The van der Waals surface area contributed by atoms with E-state index in [2.05, 4.69) is 10.3 Å². The lowest BCUT2D eigenvalue weighted by molar-refractivity contribution is -0.117. The van der Waals surface area contributed by atoms with E-state index in [-0.39, 0.29) is 25.7 Å². The minimum Gasteiger partial charge on any atom is -0.396 e. The summed E-state index contributed by atoms with van der Waals surface area (Å²) < 4.78 is 0. The van der Waals surface area contributed by atoms with Crippen LogP contribution < -0.4 is 11.1 Å². The van der Waals surface area contributed by atoms with Crippen molar-refractivity contribution in [3.63, 3.8) is 0 Å². The van der Waals surface area contributed by atoms with Gasteiger partial charge in [0, 0.05) is 19.3 Å². The highest BCUT2D eigenvalue weighted by molar-refractivity contribution is 5.94. The smallest absolute Gasteiger partial charge is 0.238 e. The molecule has 1 aromatic rings. The number of aliphatic hydroxyl groups is 2. The summed E-state index contributed by atoms with van der Waals surface area (Å²) in [6.07, 6.45) is 2.99. The van der Waals surface area contributed by atoms with Crippen LogP contribution in [0.4, 0.5) is 11.4 Å². The second-order valence-electron chi connectivity index (χ2n) is 3.73. The Balaban J connectivity index is 2.52. The Hall–Kier alpha value is -1.70. The summed E-state index contributed by atoms with van der Waals surface area (Å²) >= 11 is 0. The van der Waals surface area contributed by atoms with Crippen molar-refractivity contribution in [3.05, 3.63) is 18.5 Å². The number of carbonyl (C=O) groups excluding carboxylic acids is 1. The lowest BCUT2D eigenvalue weighted by Gasteiger charge is -2.19. The summed E-state index contributed by atoms with van der Waals surface area (Å²) in [5, 5.41) is 20.3. The summed E-state index contributed by atoms with van der Waals surface area (Å²) in [5.74, 6) is -0.255. The van der Waals surface area contributed by atoms with Crippen LogP contribution in [0.3, 0.4) is 0 Å². The lowest BCUT2D eigenvalue weighted by Crippen LogP contribution is -2.37. The summed E-state index contributed by atoms with van der Waals surface area (Å²) in [6.45, 7) is 0.623. The first-order valence-electron chi connectivity index (χ1n) is 5.60. The van der Waals surface area contributed by atoms with Gasteiger partial charge >= 0.3 is 0 Å². The maximum absolute atomic E-state index is 11.7. The van der Waals surface area contributed by atoms with Gasteiger partial charge in [0.25, 0.3) is 0 Å². The fraction of sp³-hybridized carbons (Fsp3) is 0.455. The van der Waals surface area contributed by atoms with Crippen molar-refractivity contribution in [2.75, 3.05) is 43.9 Å². The summed E-state index contributed by atoms with van der Waals surface area (Å²) in [4.78, 5) is 17.2. The van der Waals surface area contributed by atoms with Gasteiger partial charge in [0.1, 0.15) is 0 Å². The molecule has 0 bridgehead atoms. The first kappa shape index (κ1) is 14.4. The minimum atomic E-state index is -0.255. The molecule has 0 aliphatic carbocycles. The third kappa shape index (κ3) is 4.66. The molecule has 0 fully saturated rings. The number of aromatic nitrogens is 1. The number of pyridine rings is 1. The van der Waals surface area contributed by atoms with E-state index in [9.17, 15) is 4.79 Å². The third-order valence-corrected chi connectivity index (χ3v) is 2.33. The Morgan fingerprint density at radius 1 is 1.39 bits per heavy atom. The number of aliphatic hydroxyl groups excluding tert-OH is 2. The highest BCUT2D eigenvalue weighted by Crippen LogP contribution is 2.14. The molecule has 1 aromatic heterocycles. The molecule has 1 heterocycles. The van der Waals surface area contributed by atoms with Crippen molar-refractivity contribution in [2.24, 2.45) is 0 Å². The van der Waals surface area contributed by atoms with Gasteiger partial charge in [-0.2, -0.15) is 0 Å². The Morgan fingerprint density at radius 2 is 2.06 bits per heavy atom. The van der Waals surface area contributed by atoms with E-state index in [0.717, 1.165) is 0 Å². The molecule has 0 spiro atoms. The minimum absolute atomic E-state index is 0.0648. The second kappa shape index (κ2) is 7.59. The van der Waals surface area contributed by atoms with Crippen molar-refractivity contribution < 1.29 is 15.0 Å². The number of hydrogen-bond acceptors (Lipinski definition) is 6. The lowest BCUT2D eigenvalue weighted by atomic mass is 10.3. The monoisotopic (exact) mass is 254 g/mol. The van der Waals surface area contributed by atoms with E-state index in [0.29, 0.717) is 24.5 Å². The highest BCUT2D eigenvalue weighted by atomic mass is 16.3. The van der Waals surface area contributed by atoms with E-state index < -0.39 is 0 Å². The first-order valence-corrected chi connectivity index (χ1v) is 5.60. The second-order valence-corrected chi connectivity index (χ2v) is 3.73. The zero-order valence-electron chi connectivity index (χ0n) is 10.0. The zero-order chi connectivity index (χ0) is 13.4. The van der Waals surface area contributed by atoms with Crippen LogP contribution in [-0.4, -0.2) is 58.9 Å². The quantitative estimate of drug-likeness (QED) is 0.491. The van der Waals surface area contributed by atoms with Crippen molar-refractivity contribution in [2.45, 2.75) is 0 Å². The van der Waals surface area contributed by atoms with Crippen LogP contribution in [0, 0.1) is 0 Å². The molecule has 1 rings (SSSR count). The molecule has 0 saturated carbocycles. The van der Waals surface area contributed by atoms with Gasteiger partial charge in [0.05, 0.1) is 37.3 Å². The van der Waals surface area contributed by atoms with Crippen LogP contribution in [0.1, 0.15) is 0 Å². The van der Waals surface area contributed by atoms with Crippen LogP contribution >= 0.6 is 0 Å². The number of anilines is 2. The first-order chi connectivity index (χ1) is 8.67. The highest BCUT2D eigenvalue weighted by Gasteiger charge is 2.10. The molecular weight excluding hydrogens is 236 g/mol. The van der Waals surface area contributed by atoms with Crippen molar-refractivity contribution >= 4 is 17.3 Å². The normalized spacial score (nSPS) is 10.6. The Labute approximate surface area is 105 Å². The number of nitrogen functional groups attached to an aromatic ring is 1. The number of amides is 1. The standard InChI is InChI=1S/C11H18N4O3/c12-9-7-13-2-1-10(9)14-11(18)8-15(3-5-16)4-6-17/h1-2,7,16-17H,3-6,8,12H2,(H,13,14,18). The molecule has 0 saturated heterocycles. The molecule has 7 nitrogen and oxygen atoms in total. The van der Waals surface area contributed by atoms with Gasteiger partial charge < -0.3 is 21.3 Å². The molecule has 18 heavy (non-hydrogen) atoms. The third-order valence-electron chi connectivity index (χ3n) is 2.33. The van der Waals surface area contributed by atoms with Gasteiger partial charge in [0.15, 0.2) is 0 Å². The van der Waals surface area contributed by atoms with Crippen molar-refractivity contribution in [1.82, 2.24) is 9.88 Å². The van der Waals surface area contributed by atoms with Gasteiger partial charge in [0.2, 0.25) is 5.91 Å². The zero-order valence-corrected chi connectivity index (χ0v) is 10.0. The molecule has 1 amide bonds. The molecular formula is C11H18N4O3. The summed E-state index contributed by atoms with van der Waals surface area (Å²) in [7, 11) is 0. The van der Waals surface area contributed by atoms with Gasteiger partial charge in [-0.3, -0.25) is 14.7 Å². The van der Waals surface area contributed by atoms with Crippen LogP contribution in [0.5, 0.6) is 0 Å². The molecule has 5 N–H and O–H groups in total. The van der Waals surface area contributed by atoms with Crippen molar-refractivity contribution in [3.8, 4) is 0 Å². The summed E-state index contributed by atoms with van der Waals surface area (Å²) in [6, 6.07) is 1.61. The van der Waals surface area contributed by atoms with Crippen LogP contribution in [-0.2, 0) is 4.79 Å². The van der Waals surface area contributed by atoms with Gasteiger partial charge in [-0.05, 0) is 6.07 Å². The van der Waals surface area contributed by atoms with E-state index in [1.54, 1.807) is 11.0 Å². The topological polar surface area (TPSA) is 112 Å². The summed E-state index contributed by atoms with van der Waals surface area (Å²) in [5.41, 5.74) is 6.54. The average Bonchev–Trinajstić information content (AvgIpc) is 2.33. The van der Waals surface area contributed by atoms with Crippen LogP contribution in [0.15, 0.2) is 18.5 Å². The maximum Gasteiger partial charge on any atom is 0.238 e. The number of hydrogen-bond donors (Lipinski definition) is 4. The van der Waals surface area contributed by atoms with Gasteiger partial charge in [-0.15, -0.1) is 0 Å². The van der Waals surface area contributed by atoms with Gasteiger partial charge in [-0.1, -0.05) is 0 Å². The van der Waals surface area contributed by atoms with E-state index in [1.165, 1.54) is 12.4 Å². The molecule has 100 valence electrons. The van der Waals surface area contributed by atoms with E-state index in [1.807, 2.05) is 0 Å². The van der Waals surface area contributed by atoms with E-state index in [4.69, 9.17) is 15.9 Å². The number of nitrogens with two attached hydrogens (primary N) is 1. The molecule has 0 aliphatic rings. The molecule has 7 heteroatoms. The number of nitrogens with one attached hydrogen (secondary N) is 1. The number of carbonyl (C=O) groups is 1. The molecule has 0 aromatic carbocycles. The number of rotatable bonds is 7. The Bertz CT molecular complexity index is 380. The largest absolute Gasteiger partial charge is 0.396 e. The fourth-order valence-electron chi connectivity index (χ4n) is 1.47. The SMILES string of the molecule is Nc1cnccc1NC(=O)CN(CCO)CCO. The molecule has 0 radical (unpaired) electrons.